The van der Waals surface area contributed by atoms with E-state index in [4.69, 9.17) is 4.74 Å². The minimum Gasteiger partial charge on any atom is -0.381 e. The monoisotopic (exact) mass is 276 g/mol. The van der Waals surface area contributed by atoms with E-state index in [0.29, 0.717) is 0 Å². The van der Waals surface area contributed by atoms with Gasteiger partial charge in [0.15, 0.2) is 0 Å². The number of rotatable bonds is 6. The van der Waals surface area contributed by atoms with Crippen molar-refractivity contribution in [3.8, 4) is 0 Å². The van der Waals surface area contributed by atoms with Crippen molar-refractivity contribution < 1.29 is 4.74 Å². The average molecular weight is 276 g/mol. The maximum atomic E-state index is 5.78. The van der Waals surface area contributed by atoms with Crippen molar-refractivity contribution >= 4 is 5.69 Å². The lowest BCUT2D eigenvalue weighted by Gasteiger charge is -2.40. The maximum absolute atomic E-state index is 5.78. The van der Waals surface area contributed by atoms with Gasteiger partial charge in [0, 0.05) is 37.8 Å². The Morgan fingerprint density at radius 3 is 2.90 bits per heavy atom. The number of ether oxygens (including phenoxy) is 1. The highest BCUT2D eigenvalue weighted by Gasteiger charge is 2.33. The van der Waals surface area contributed by atoms with E-state index in [0.717, 1.165) is 32.8 Å². The molecular weight excluding hydrogens is 248 g/mol. The van der Waals surface area contributed by atoms with E-state index < -0.39 is 0 Å². The highest BCUT2D eigenvalue weighted by atomic mass is 16.5. The van der Waals surface area contributed by atoms with Crippen LogP contribution in [0, 0.1) is 12.3 Å². The van der Waals surface area contributed by atoms with Crippen LogP contribution in [0.2, 0.25) is 0 Å². The Morgan fingerprint density at radius 1 is 1.40 bits per heavy atom. The van der Waals surface area contributed by atoms with E-state index in [1.54, 1.807) is 0 Å². The van der Waals surface area contributed by atoms with Crippen LogP contribution in [-0.4, -0.2) is 39.9 Å². The molecule has 1 aromatic rings. The van der Waals surface area contributed by atoms with E-state index in [-0.39, 0.29) is 5.41 Å². The number of anilines is 1. The van der Waals surface area contributed by atoms with E-state index in [9.17, 15) is 0 Å². The van der Waals surface area contributed by atoms with Gasteiger partial charge in [0.25, 0.3) is 0 Å². The third-order valence-electron chi connectivity index (χ3n) is 4.17. The van der Waals surface area contributed by atoms with Crippen molar-refractivity contribution in [2.24, 2.45) is 5.41 Å². The molecule has 3 nitrogen and oxygen atoms in total. The fourth-order valence-electron chi connectivity index (χ4n) is 3.08. The van der Waals surface area contributed by atoms with Crippen LogP contribution >= 0.6 is 0 Å². The van der Waals surface area contributed by atoms with Crippen molar-refractivity contribution in [2.45, 2.75) is 26.7 Å². The third-order valence-corrected chi connectivity index (χ3v) is 4.17. The summed E-state index contributed by atoms with van der Waals surface area (Å²) >= 11 is 0. The van der Waals surface area contributed by atoms with Crippen molar-refractivity contribution in [1.29, 1.82) is 0 Å². The topological polar surface area (TPSA) is 24.5 Å². The molecule has 0 radical (unpaired) electrons. The largest absolute Gasteiger partial charge is 0.381 e. The predicted molar refractivity (Wildman–Crippen MR) is 85.5 cm³/mol. The van der Waals surface area contributed by atoms with Crippen LogP contribution in [0.1, 0.15) is 25.3 Å². The first-order chi connectivity index (χ1) is 9.65. The smallest absolute Gasteiger partial charge is 0.0551 e. The fourth-order valence-corrected chi connectivity index (χ4v) is 3.08. The van der Waals surface area contributed by atoms with Gasteiger partial charge in [0.05, 0.1) is 6.61 Å². The van der Waals surface area contributed by atoms with E-state index in [2.05, 4.69) is 55.4 Å². The minimum atomic E-state index is 0.243. The third kappa shape index (κ3) is 3.97. The molecule has 1 N–H and O–H groups in total. The van der Waals surface area contributed by atoms with Crippen LogP contribution in [-0.2, 0) is 4.74 Å². The second-order valence-electron chi connectivity index (χ2n) is 6.13. The van der Waals surface area contributed by atoms with E-state index >= 15 is 0 Å². The zero-order valence-corrected chi connectivity index (χ0v) is 13.1. The predicted octanol–water partition coefficient (Wildman–Crippen LogP) is 2.84. The highest BCUT2D eigenvalue weighted by Crippen LogP contribution is 2.30. The summed E-state index contributed by atoms with van der Waals surface area (Å²) in [7, 11) is 2.19. The zero-order valence-electron chi connectivity index (χ0n) is 13.1. The summed E-state index contributed by atoms with van der Waals surface area (Å²) in [5, 5.41) is 3.52. The van der Waals surface area contributed by atoms with Crippen LogP contribution in [0.25, 0.3) is 0 Å². The molecule has 0 bridgehead atoms. The van der Waals surface area contributed by atoms with Gasteiger partial charge in [-0.05, 0) is 44.0 Å². The second-order valence-corrected chi connectivity index (χ2v) is 6.13. The number of benzene rings is 1. The summed E-state index contributed by atoms with van der Waals surface area (Å²) in [6, 6.07) is 8.73. The van der Waals surface area contributed by atoms with Crippen molar-refractivity contribution in [1.82, 2.24) is 5.32 Å². The molecular formula is C17H28N2O. The summed E-state index contributed by atoms with van der Waals surface area (Å²) in [4.78, 5) is 2.37. The van der Waals surface area contributed by atoms with Gasteiger partial charge in [-0.25, -0.2) is 0 Å². The number of nitrogens with zero attached hydrogens (tertiary/aromatic N) is 1. The highest BCUT2D eigenvalue weighted by molar-refractivity contribution is 5.47. The van der Waals surface area contributed by atoms with Gasteiger partial charge in [-0.2, -0.15) is 0 Å². The van der Waals surface area contributed by atoms with Gasteiger partial charge in [0.1, 0.15) is 0 Å². The first-order valence-corrected chi connectivity index (χ1v) is 7.71. The van der Waals surface area contributed by atoms with Crippen LogP contribution in [0.5, 0.6) is 0 Å². The lowest BCUT2D eigenvalue weighted by atomic mass is 9.81. The van der Waals surface area contributed by atoms with Crippen LogP contribution < -0.4 is 10.2 Å². The average Bonchev–Trinajstić information content (AvgIpc) is 2.46. The first kappa shape index (κ1) is 15.3. The molecule has 1 saturated heterocycles. The van der Waals surface area contributed by atoms with Crippen molar-refractivity contribution in [2.75, 3.05) is 44.8 Å². The number of nitrogens with one attached hydrogen (secondary N) is 1. The maximum Gasteiger partial charge on any atom is 0.0551 e. The molecule has 1 fully saturated rings. The van der Waals surface area contributed by atoms with Crippen LogP contribution in [0.4, 0.5) is 5.69 Å². The molecule has 1 aliphatic rings. The lowest BCUT2D eigenvalue weighted by Crippen LogP contribution is -2.48. The Hall–Kier alpha value is -1.06. The summed E-state index contributed by atoms with van der Waals surface area (Å²) in [5.74, 6) is 0. The van der Waals surface area contributed by atoms with Gasteiger partial charge in [-0.15, -0.1) is 0 Å². The number of hydrogen-bond donors (Lipinski definition) is 1. The zero-order chi connectivity index (χ0) is 14.4. The molecule has 0 saturated carbocycles. The summed E-state index contributed by atoms with van der Waals surface area (Å²) < 4.78 is 5.78. The Labute approximate surface area is 123 Å². The van der Waals surface area contributed by atoms with Crippen molar-refractivity contribution in [3.63, 3.8) is 0 Å². The van der Waals surface area contributed by atoms with Gasteiger partial charge in [-0.1, -0.05) is 19.1 Å². The summed E-state index contributed by atoms with van der Waals surface area (Å²) in [6.07, 6.45) is 2.42. The number of hydrogen-bond acceptors (Lipinski definition) is 3. The Kier molecular flexibility index (Phi) is 5.44. The normalized spacial score (nSPS) is 22.8. The van der Waals surface area contributed by atoms with Gasteiger partial charge in [0.2, 0.25) is 0 Å². The molecule has 20 heavy (non-hydrogen) atoms. The second kappa shape index (κ2) is 7.09. The molecule has 1 atom stereocenters. The molecule has 0 amide bonds. The molecule has 3 heteroatoms. The van der Waals surface area contributed by atoms with Crippen molar-refractivity contribution in [3.05, 3.63) is 29.8 Å². The first-order valence-electron chi connectivity index (χ1n) is 7.71. The minimum absolute atomic E-state index is 0.243. The molecule has 2 rings (SSSR count). The number of aryl methyl sites for hydroxylation is 1. The SMILES string of the molecule is CCNCC1(CN(C)c2cccc(C)c2)CCCOC1. The molecule has 0 aliphatic carbocycles. The summed E-state index contributed by atoms with van der Waals surface area (Å²) in [6.45, 7) is 9.22. The Bertz CT molecular complexity index is 413. The quantitative estimate of drug-likeness (QED) is 0.864. The molecule has 1 aromatic carbocycles. The Morgan fingerprint density at radius 2 is 2.25 bits per heavy atom. The Balaban J connectivity index is 2.06. The molecule has 1 heterocycles. The van der Waals surface area contributed by atoms with Gasteiger partial charge < -0.3 is 15.0 Å². The molecule has 112 valence electrons. The summed E-state index contributed by atoms with van der Waals surface area (Å²) in [5.41, 5.74) is 2.86. The van der Waals surface area contributed by atoms with Crippen LogP contribution in [0.3, 0.4) is 0 Å². The molecule has 1 aliphatic heterocycles. The van der Waals surface area contributed by atoms with Gasteiger partial charge in [-0.3, -0.25) is 0 Å². The molecule has 1 unspecified atom stereocenters. The lowest BCUT2D eigenvalue weighted by molar-refractivity contribution is -0.00248. The molecule has 0 aromatic heterocycles. The molecule has 0 spiro atoms. The van der Waals surface area contributed by atoms with Gasteiger partial charge >= 0.3 is 0 Å². The van der Waals surface area contributed by atoms with E-state index in [1.165, 1.54) is 24.1 Å². The fraction of sp³-hybridized carbons (Fsp3) is 0.647. The standard InChI is InChI=1S/C17H28N2O/c1-4-18-12-17(9-6-10-20-14-17)13-19(3)16-8-5-7-15(2)11-16/h5,7-8,11,18H,4,6,9-10,12-14H2,1-3H3. The van der Waals surface area contributed by atoms with Crippen LogP contribution in [0.15, 0.2) is 24.3 Å². The van der Waals surface area contributed by atoms with E-state index in [1.807, 2.05) is 0 Å².